The van der Waals surface area contributed by atoms with Crippen LogP contribution >= 0.6 is 0 Å². The second-order valence-corrected chi connectivity index (χ2v) is 11.3. The van der Waals surface area contributed by atoms with Crippen molar-refractivity contribution in [2.75, 3.05) is 44.4 Å². The Hall–Kier alpha value is -2.04. The van der Waals surface area contributed by atoms with Crippen molar-refractivity contribution in [3.05, 3.63) is 35.6 Å². The molecule has 8 nitrogen and oxygen atoms in total. The van der Waals surface area contributed by atoms with Crippen LogP contribution in [0.4, 0.5) is 9.18 Å². The van der Waals surface area contributed by atoms with Gasteiger partial charge >= 0.3 is 6.03 Å². The number of benzene rings is 1. The Labute approximate surface area is 188 Å². The van der Waals surface area contributed by atoms with E-state index in [1.54, 1.807) is 12.1 Å². The molecule has 3 aliphatic heterocycles. The number of imide groups is 1. The van der Waals surface area contributed by atoms with E-state index in [0.717, 1.165) is 12.8 Å². The van der Waals surface area contributed by atoms with Gasteiger partial charge in [-0.15, -0.1) is 0 Å². The lowest BCUT2D eigenvalue weighted by Gasteiger charge is -2.38. The number of piperazine rings is 1. The van der Waals surface area contributed by atoms with Gasteiger partial charge < -0.3 is 5.32 Å². The summed E-state index contributed by atoms with van der Waals surface area (Å²) < 4.78 is 37.0. The molecule has 3 amide bonds. The topological polar surface area (TPSA) is 90.0 Å². The molecule has 3 aliphatic rings. The highest BCUT2D eigenvalue weighted by atomic mass is 32.2. The van der Waals surface area contributed by atoms with Gasteiger partial charge in [-0.1, -0.05) is 31.9 Å². The molecule has 1 aromatic carbocycles. The van der Waals surface area contributed by atoms with Crippen molar-refractivity contribution in [3.63, 3.8) is 0 Å². The maximum atomic E-state index is 13.5. The van der Waals surface area contributed by atoms with Crippen molar-refractivity contribution in [1.82, 2.24) is 20.0 Å². The molecular weight excluding hydrogens is 435 g/mol. The molecule has 0 bridgehead atoms. The molecule has 2 atom stereocenters. The van der Waals surface area contributed by atoms with Gasteiger partial charge in [-0.3, -0.25) is 14.6 Å². The average molecular weight is 467 g/mol. The number of sulfone groups is 1. The Morgan fingerprint density at radius 2 is 1.81 bits per heavy atom. The summed E-state index contributed by atoms with van der Waals surface area (Å²) in [5, 5.41) is 2.90. The Balaban J connectivity index is 1.43. The van der Waals surface area contributed by atoms with Crippen LogP contribution in [0.1, 0.15) is 38.2 Å². The molecule has 3 saturated heterocycles. The van der Waals surface area contributed by atoms with E-state index < -0.39 is 21.4 Å². The molecule has 3 heterocycles. The number of carbonyl (C=O) groups excluding carboxylic acids is 2. The van der Waals surface area contributed by atoms with Crippen molar-refractivity contribution in [2.24, 2.45) is 0 Å². The molecule has 1 aromatic rings. The third-order valence-corrected chi connectivity index (χ3v) is 8.64. The quantitative estimate of drug-likeness (QED) is 0.613. The number of rotatable bonds is 7. The first kappa shape index (κ1) is 23.1. The lowest BCUT2D eigenvalue weighted by Crippen LogP contribution is -2.54. The zero-order valence-corrected chi connectivity index (χ0v) is 19.2. The van der Waals surface area contributed by atoms with Crippen molar-refractivity contribution in [2.45, 2.75) is 44.2 Å². The van der Waals surface area contributed by atoms with Crippen LogP contribution in [0, 0.1) is 5.82 Å². The Bertz CT molecular complexity index is 963. The zero-order chi connectivity index (χ0) is 22.9. The fourth-order valence-corrected chi connectivity index (χ4v) is 6.74. The van der Waals surface area contributed by atoms with Gasteiger partial charge in [0.15, 0.2) is 9.84 Å². The second-order valence-electron chi connectivity index (χ2n) is 9.03. The van der Waals surface area contributed by atoms with Crippen molar-refractivity contribution in [3.8, 4) is 0 Å². The Kier molecular flexibility index (Phi) is 6.56. The summed E-state index contributed by atoms with van der Waals surface area (Å²) in [5.74, 6) is -0.214. The van der Waals surface area contributed by atoms with Crippen molar-refractivity contribution < 1.29 is 22.4 Å². The molecule has 0 saturated carbocycles. The van der Waals surface area contributed by atoms with Gasteiger partial charge in [0.2, 0.25) is 0 Å². The van der Waals surface area contributed by atoms with Gasteiger partial charge in [0.25, 0.3) is 5.91 Å². The highest BCUT2D eigenvalue weighted by molar-refractivity contribution is 7.91. The highest BCUT2D eigenvalue weighted by Gasteiger charge is 2.52. The van der Waals surface area contributed by atoms with Crippen LogP contribution in [0.25, 0.3) is 0 Å². The predicted octanol–water partition coefficient (Wildman–Crippen LogP) is 1.53. The SMILES string of the molecule is CCCCC1(c2ccc(F)cc2)NC(=O)N(CN2CCN(C3CCS(=O)(=O)C3)CC2)C1=O. The minimum atomic E-state index is -2.93. The van der Waals surface area contributed by atoms with Crippen LogP contribution in [-0.2, 0) is 20.2 Å². The van der Waals surface area contributed by atoms with Gasteiger partial charge in [0.1, 0.15) is 11.4 Å². The summed E-state index contributed by atoms with van der Waals surface area (Å²) in [6.07, 6.45) is 2.75. The molecule has 32 heavy (non-hydrogen) atoms. The van der Waals surface area contributed by atoms with Crippen molar-refractivity contribution >= 4 is 21.8 Å². The maximum absolute atomic E-state index is 13.5. The molecular formula is C22H31FN4O4S. The van der Waals surface area contributed by atoms with Gasteiger partial charge in [-0.25, -0.2) is 22.5 Å². The van der Waals surface area contributed by atoms with Gasteiger partial charge in [-0.05, 0) is 30.5 Å². The van der Waals surface area contributed by atoms with Crippen LogP contribution in [0.15, 0.2) is 24.3 Å². The lowest BCUT2D eigenvalue weighted by atomic mass is 9.85. The summed E-state index contributed by atoms with van der Waals surface area (Å²) >= 11 is 0. The first-order valence-electron chi connectivity index (χ1n) is 11.3. The maximum Gasteiger partial charge on any atom is 0.326 e. The van der Waals surface area contributed by atoms with E-state index in [0.29, 0.717) is 44.6 Å². The summed E-state index contributed by atoms with van der Waals surface area (Å²) in [7, 11) is -2.93. The van der Waals surface area contributed by atoms with Gasteiger partial charge in [0, 0.05) is 32.2 Å². The molecule has 176 valence electrons. The first-order chi connectivity index (χ1) is 15.2. The highest BCUT2D eigenvalue weighted by Crippen LogP contribution is 2.34. The van der Waals surface area contributed by atoms with Gasteiger partial charge in [0.05, 0.1) is 18.2 Å². The number of nitrogens with one attached hydrogen (secondary N) is 1. The minimum Gasteiger partial charge on any atom is -0.319 e. The number of carbonyl (C=O) groups is 2. The van der Waals surface area contributed by atoms with Gasteiger partial charge in [-0.2, -0.15) is 0 Å². The van der Waals surface area contributed by atoms with E-state index in [2.05, 4.69) is 15.1 Å². The van der Waals surface area contributed by atoms with Crippen LogP contribution in [0.2, 0.25) is 0 Å². The zero-order valence-electron chi connectivity index (χ0n) is 18.4. The minimum absolute atomic E-state index is 0.0686. The Morgan fingerprint density at radius 1 is 1.12 bits per heavy atom. The third-order valence-electron chi connectivity index (χ3n) is 6.89. The standard InChI is InChI=1S/C22H31FN4O4S/c1-2-3-9-22(17-4-6-18(23)7-5-17)20(28)27(21(29)24-22)16-25-10-12-26(13-11-25)19-8-14-32(30,31)15-19/h4-7,19H,2-3,8-16H2,1H3,(H,24,29). The van der Waals surface area contributed by atoms with E-state index in [1.807, 2.05) is 6.92 Å². The molecule has 4 rings (SSSR count). The lowest BCUT2D eigenvalue weighted by molar-refractivity contribution is -0.133. The first-order valence-corrected chi connectivity index (χ1v) is 13.1. The number of amides is 3. The summed E-state index contributed by atoms with van der Waals surface area (Å²) in [6, 6.07) is 5.40. The molecule has 0 aromatic heterocycles. The fraction of sp³-hybridized carbons (Fsp3) is 0.636. The largest absolute Gasteiger partial charge is 0.326 e. The predicted molar refractivity (Wildman–Crippen MR) is 118 cm³/mol. The van der Waals surface area contributed by atoms with Crippen LogP contribution in [0.5, 0.6) is 0 Å². The molecule has 2 unspecified atom stereocenters. The number of urea groups is 1. The van der Waals surface area contributed by atoms with E-state index in [-0.39, 0.29) is 35.9 Å². The number of hydrogen-bond donors (Lipinski definition) is 1. The fourth-order valence-electron chi connectivity index (χ4n) is 4.97. The van der Waals surface area contributed by atoms with Crippen molar-refractivity contribution in [1.29, 1.82) is 0 Å². The monoisotopic (exact) mass is 466 g/mol. The van der Waals surface area contributed by atoms with Crippen LogP contribution in [0.3, 0.4) is 0 Å². The second kappa shape index (κ2) is 9.07. The normalized spacial score (nSPS) is 28.9. The number of halogens is 1. The molecule has 0 spiro atoms. The molecule has 1 N–H and O–H groups in total. The average Bonchev–Trinajstić information content (AvgIpc) is 3.25. The van der Waals surface area contributed by atoms with E-state index in [9.17, 15) is 22.4 Å². The number of hydrogen-bond acceptors (Lipinski definition) is 6. The number of unbranched alkanes of at least 4 members (excludes halogenated alkanes) is 1. The molecule has 0 radical (unpaired) electrons. The molecule has 3 fully saturated rings. The summed E-state index contributed by atoms with van der Waals surface area (Å²) in [5.41, 5.74) is -0.568. The third kappa shape index (κ3) is 4.53. The Morgan fingerprint density at radius 3 is 2.41 bits per heavy atom. The molecule has 10 heteroatoms. The molecule has 0 aliphatic carbocycles. The number of nitrogens with zero attached hydrogens (tertiary/aromatic N) is 3. The summed E-state index contributed by atoms with van der Waals surface area (Å²) in [4.78, 5) is 31.8. The van der Waals surface area contributed by atoms with E-state index in [1.165, 1.54) is 17.0 Å². The summed E-state index contributed by atoms with van der Waals surface area (Å²) in [6.45, 7) is 4.95. The smallest absolute Gasteiger partial charge is 0.319 e. The van der Waals surface area contributed by atoms with Crippen LogP contribution < -0.4 is 5.32 Å². The van der Waals surface area contributed by atoms with Crippen LogP contribution in [-0.4, -0.2) is 85.5 Å². The van der Waals surface area contributed by atoms with E-state index in [4.69, 9.17) is 0 Å². The van der Waals surface area contributed by atoms with E-state index >= 15 is 0 Å².